The second kappa shape index (κ2) is 5.22. The van der Waals surface area contributed by atoms with E-state index >= 15 is 0 Å². The molecule has 0 saturated heterocycles. The number of hydrogen-bond donors (Lipinski definition) is 1. The van der Waals surface area contributed by atoms with Crippen LogP contribution in [0.3, 0.4) is 0 Å². The first-order chi connectivity index (χ1) is 8.95. The SMILES string of the molecule is CC(C)NC(=O)c1ccc(-c2cc(F)cc(F)c2)o1. The standard InChI is InChI=1S/C14H13F2NO2/c1-8(2)17-14(18)13-4-3-12(19-13)9-5-10(15)7-11(16)6-9/h3-8H,1-2H3,(H,17,18). The molecule has 0 radical (unpaired) electrons. The fraction of sp³-hybridized carbons (Fsp3) is 0.214. The van der Waals surface area contributed by atoms with Crippen LogP contribution in [0, 0.1) is 11.6 Å². The zero-order valence-corrected chi connectivity index (χ0v) is 10.5. The zero-order chi connectivity index (χ0) is 14.0. The van der Waals surface area contributed by atoms with Crippen LogP contribution in [0.25, 0.3) is 11.3 Å². The van der Waals surface area contributed by atoms with Gasteiger partial charge in [-0.15, -0.1) is 0 Å². The van der Waals surface area contributed by atoms with Gasteiger partial charge in [0, 0.05) is 17.7 Å². The molecular weight excluding hydrogens is 252 g/mol. The lowest BCUT2D eigenvalue weighted by atomic mass is 10.1. The Hall–Kier alpha value is -2.17. The van der Waals surface area contributed by atoms with E-state index in [0.29, 0.717) is 0 Å². The van der Waals surface area contributed by atoms with Gasteiger partial charge in [-0.25, -0.2) is 8.78 Å². The number of rotatable bonds is 3. The molecule has 2 rings (SSSR count). The Morgan fingerprint density at radius 1 is 1.16 bits per heavy atom. The molecule has 0 aliphatic rings. The molecule has 0 unspecified atom stereocenters. The van der Waals surface area contributed by atoms with Crippen molar-refractivity contribution in [1.29, 1.82) is 0 Å². The summed E-state index contributed by atoms with van der Waals surface area (Å²) in [6.45, 7) is 3.65. The number of nitrogens with one attached hydrogen (secondary N) is 1. The van der Waals surface area contributed by atoms with Crippen molar-refractivity contribution in [3.63, 3.8) is 0 Å². The number of furan rings is 1. The minimum Gasteiger partial charge on any atom is -0.451 e. The maximum Gasteiger partial charge on any atom is 0.287 e. The van der Waals surface area contributed by atoms with Crippen molar-refractivity contribution < 1.29 is 18.0 Å². The largest absolute Gasteiger partial charge is 0.451 e. The summed E-state index contributed by atoms with van der Waals surface area (Å²) < 4.78 is 31.5. The summed E-state index contributed by atoms with van der Waals surface area (Å²) in [5.74, 6) is -1.40. The van der Waals surface area contributed by atoms with Crippen LogP contribution in [0.2, 0.25) is 0 Å². The molecule has 19 heavy (non-hydrogen) atoms. The van der Waals surface area contributed by atoms with Crippen molar-refractivity contribution >= 4 is 5.91 Å². The molecule has 1 amide bonds. The van der Waals surface area contributed by atoms with E-state index in [2.05, 4.69) is 5.32 Å². The summed E-state index contributed by atoms with van der Waals surface area (Å²) in [4.78, 5) is 11.7. The highest BCUT2D eigenvalue weighted by Crippen LogP contribution is 2.24. The maximum absolute atomic E-state index is 13.1. The monoisotopic (exact) mass is 265 g/mol. The van der Waals surface area contributed by atoms with Gasteiger partial charge in [-0.1, -0.05) is 0 Å². The fourth-order valence-corrected chi connectivity index (χ4v) is 1.64. The first kappa shape index (κ1) is 13.3. The van der Waals surface area contributed by atoms with Crippen LogP contribution in [-0.2, 0) is 0 Å². The van der Waals surface area contributed by atoms with Gasteiger partial charge < -0.3 is 9.73 Å². The average Bonchev–Trinajstić information content (AvgIpc) is 2.75. The van der Waals surface area contributed by atoms with Crippen LogP contribution >= 0.6 is 0 Å². The highest BCUT2D eigenvalue weighted by Gasteiger charge is 2.13. The fourth-order valence-electron chi connectivity index (χ4n) is 1.64. The van der Waals surface area contributed by atoms with E-state index in [1.165, 1.54) is 12.1 Å². The Kier molecular flexibility index (Phi) is 3.64. The van der Waals surface area contributed by atoms with Gasteiger partial charge in [-0.2, -0.15) is 0 Å². The van der Waals surface area contributed by atoms with Crippen molar-refractivity contribution in [3.8, 4) is 11.3 Å². The Morgan fingerprint density at radius 3 is 2.37 bits per heavy atom. The van der Waals surface area contributed by atoms with Crippen LogP contribution in [0.1, 0.15) is 24.4 Å². The van der Waals surface area contributed by atoms with Crippen LogP contribution < -0.4 is 5.32 Å². The number of amides is 1. The Bertz CT molecular complexity index is 585. The molecule has 1 aromatic heterocycles. The number of halogens is 2. The Morgan fingerprint density at radius 2 is 1.79 bits per heavy atom. The van der Waals surface area contributed by atoms with E-state index in [0.717, 1.165) is 18.2 Å². The Labute approximate surface area is 109 Å². The van der Waals surface area contributed by atoms with Crippen LogP contribution in [0.15, 0.2) is 34.7 Å². The van der Waals surface area contributed by atoms with Crippen LogP contribution in [-0.4, -0.2) is 11.9 Å². The molecule has 0 atom stereocenters. The zero-order valence-electron chi connectivity index (χ0n) is 10.5. The van der Waals surface area contributed by atoms with Crippen molar-refractivity contribution in [2.45, 2.75) is 19.9 Å². The lowest BCUT2D eigenvalue weighted by Crippen LogP contribution is -2.29. The quantitative estimate of drug-likeness (QED) is 0.924. The molecular formula is C14H13F2NO2. The maximum atomic E-state index is 13.1. The first-order valence-corrected chi connectivity index (χ1v) is 5.83. The van der Waals surface area contributed by atoms with Gasteiger partial charge in [-0.3, -0.25) is 4.79 Å². The molecule has 1 heterocycles. The molecule has 0 aliphatic heterocycles. The van der Waals surface area contributed by atoms with Gasteiger partial charge >= 0.3 is 0 Å². The molecule has 0 bridgehead atoms. The van der Waals surface area contributed by atoms with E-state index in [1.54, 1.807) is 0 Å². The summed E-state index contributed by atoms with van der Waals surface area (Å²) in [5.41, 5.74) is 0.251. The van der Waals surface area contributed by atoms with Crippen molar-refractivity contribution in [1.82, 2.24) is 5.32 Å². The van der Waals surface area contributed by atoms with Crippen LogP contribution in [0.5, 0.6) is 0 Å². The summed E-state index contributed by atoms with van der Waals surface area (Å²) in [6, 6.07) is 6.02. The molecule has 2 aromatic rings. The molecule has 0 spiro atoms. The third kappa shape index (κ3) is 3.19. The minimum absolute atomic E-state index is 0.0207. The van der Waals surface area contributed by atoms with Gasteiger partial charge in [-0.05, 0) is 38.1 Å². The molecule has 100 valence electrons. The molecule has 0 saturated carbocycles. The number of benzene rings is 1. The van der Waals surface area contributed by atoms with E-state index in [-0.39, 0.29) is 29.0 Å². The van der Waals surface area contributed by atoms with Gasteiger partial charge in [0.2, 0.25) is 0 Å². The summed E-state index contributed by atoms with van der Waals surface area (Å²) >= 11 is 0. The number of carbonyl (C=O) groups is 1. The van der Waals surface area contributed by atoms with Gasteiger partial charge in [0.25, 0.3) is 5.91 Å². The highest BCUT2D eigenvalue weighted by molar-refractivity contribution is 5.92. The second-order valence-corrected chi connectivity index (χ2v) is 4.45. The van der Waals surface area contributed by atoms with Gasteiger partial charge in [0.15, 0.2) is 5.76 Å². The summed E-state index contributed by atoms with van der Waals surface area (Å²) in [7, 11) is 0. The first-order valence-electron chi connectivity index (χ1n) is 5.83. The number of hydrogen-bond acceptors (Lipinski definition) is 2. The predicted molar refractivity (Wildman–Crippen MR) is 66.7 cm³/mol. The third-order valence-corrected chi connectivity index (χ3v) is 2.40. The average molecular weight is 265 g/mol. The predicted octanol–water partition coefficient (Wildman–Crippen LogP) is 3.36. The van der Waals surface area contributed by atoms with Gasteiger partial charge in [0.05, 0.1) is 0 Å². The van der Waals surface area contributed by atoms with E-state index in [1.807, 2.05) is 13.8 Å². The molecule has 0 fully saturated rings. The molecule has 1 aromatic carbocycles. The number of carbonyl (C=O) groups excluding carboxylic acids is 1. The van der Waals surface area contributed by atoms with E-state index in [4.69, 9.17) is 4.42 Å². The molecule has 5 heteroatoms. The Balaban J connectivity index is 2.28. The summed E-state index contributed by atoms with van der Waals surface area (Å²) in [5, 5.41) is 2.67. The smallest absolute Gasteiger partial charge is 0.287 e. The topological polar surface area (TPSA) is 42.2 Å². The van der Waals surface area contributed by atoms with E-state index < -0.39 is 11.6 Å². The molecule has 0 aliphatic carbocycles. The van der Waals surface area contributed by atoms with Crippen molar-refractivity contribution in [3.05, 3.63) is 47.7 Å². The normalized spacial score (nSPS) is 10.8. The lowest BCUT2D eigenvalue weighted by Gasteiger charge is -2.05. The molecule has 3 nitrogen and oxygen atoms in total. The lowest BCUT2D eigenvalue weighted by molar-refractivity contribution is 0.0916. The third-order valence-electron chi connectivity index (χ3n) is 2.40. The molecule has 1 N–H and O–H groups in total. The highest BCUT2D eigenvalue weighted by atomic mass is 19.1. The van der Waals surface area contributed by atoms with Gasteiger partial charge in [0.1, 0.15) is 17.4 Å². The van der Waals surface area contributed by atoms with Crippen LogP contribution in [0.4, 0.5) is 8.78 Å². The van der Waals surface area contributed by atoms with Crippen molar-refractivity contribution in [2.24, 2.45) is 0 Å². The van der Waals surface area contributed by atoms with E-state index in [9.17, 15) is 13.6 Å². The van der Waals surface area contributed by atoms with Crippen molar-refractivity contribution in [2.75, 3.05) is 0 Å². The second-order valence-electron chi connectivity index (χ2n) is 4.45. The summed E-state index contributed by atoms with van der Waals surface area (Å²) in [6.07, 6.45) is 0. The minimum atomic E-state index is -0.695.